The molecule has 0 aromatic carbocycles. The lowest BCUT2D eigenvalue weighted by atomic mass is 9.96. The molecule has 1 aromatic rings. The van der Waals surface area contributed by atoms with Crippen LogP contribution in [0.25, 0.3) is 0 Å². The second-order valence-electron chi connectivity index (χ2n) is 6.34. The summed E-state index contributed by atoms with van der Waals surface area (Å²) in [5, 5.41) is 8.80. The molecule has 1 aliphatic heterocycles. The SMILES string of the molecule is CCCC1CCCN(C(=O)CN(C)c2ccc(C#N)cn2)CC1. The van der Waals surface area contributed by atoms with Crippen molar-refractivity contribution >= 4 is 11.7 Å². The molecule has 1 amide bonds. The molecule has 1 aromatic heterocycles. The summed E-state index contributed by atoms with van der Waals surface area (Å²) in [5.41, 5.74) is 0.531. The molecular formula is C18H26N4O. The van der Waals surface area contributed by atoms with Gasteiger partial charge in [0.1, 0.15) is 11.9 Å². The van der Waals surface area contributed by atoms with E-state index >= 15 is 0 Å². The van der Waals surface area contributed by atoms with E-state index in [2.05, 4.69) is 18.0 Å². The largest absolute Gasteiger partial charge is 0.350 e. The number of anilines is 1. The molecule has 0 aliphatic carbocycles. The molecule has 2 heterocycles. The van der Waals surface area contributed by atoms with Gasteiger partial charge in [-0.05, 0) is 37.3 Å². The highest BCUT2D eigenvalue weighted by Gasteiger charge is 2.21. The fourth-order valence-electron chi connectivity index (χ4n) is 3.17. The number of likely N-dealkylation sites (tertiary alicyclic amines) is 1. The van der Waals surface area contributed by atoms with E-state index in [1.54, 1.807) is 12.1 Å². The van der Waals surface area contributed by atoms with Crippen LogP contribution >= 0.6 is 0 Å². The Labute approximate surface area is 138 Å². The van der Waals surface area contributed by atoms with Gasteiger partial charge in [0.15, 0.2) is 0 Å². The number of rotatable bonds is 5. The monoisotopic (exact) mass is 314 g/mol. The number of carbonyl (C=O) groups is 1. The Morgan fingerprint density at radius 2 is 2.26 bits per heavy atom. The van der Waals surface area contributed by atoms with Gasteiger partial charge in [0.05, 0.1) is 12.1 Å². The van der Waals surface area contributed by atoms with Crippen LogP contribution in [0.15, 0.2) is 18.3 Å². The molecule has 1 aliphatic rings. The lowest BCUT2D eigenvalue weighted by Gasteiger charge is -2.25. The van der Waals surface area contributed by atoms with E-state index < -0.39 is 0 Å². The van der Waals surface area contributed by atoms with Crippen LogP contribution in [0.1, 0.15) is 44.6 Å². The quantitative estimate of drug-likeness (QED) is 0.838. The van der Waals surface area contributed by atoms with Gasteiger partial charge in [-0.2, -0.15) is 5.26 Å². The minimum Gasteiger partial charge on any atom is -0.350 e. The highest BCUT2D eigenvalue weighted by atomic mass is 16.2. The highest BCUT2D eigenvalue weighted by molar-refractivity contribution is 5.81. The second-order valence-corrected chi connectivity index (χ2v) is 6.34. The van der Waals surface area contributed by atoms with Crippen LogP contribution in [0.4, 0.5) is 5.82 Å². The Morgan fingerprint density at radius 3 is 2.91 bits per heavy atom. The topological polar surface area (TPSA) is 60.2 Å². The summed E-state index contributed by atoms with van der Waals surface area (Å²) in [4.78, 5) is 20.6. The Kier molecular flexibility index (Phi) is 6.40. The van der Waals surface area contributed by atoms with Crippen LogP contribution in [0.5, 0.6) is 0 Å². The molecule has 0 bridgehead atoms. The van der Waals surface area contributed by atoms with Gasteiger partial charge in [0.2, 0.25) is 5.91 Å². The predicted molar refractivity (Wildman–Crippen MR) is 91.1 cm³/mol. The molecule has 0 spiro atoms. The van der Waals surface area contributed by atoms with Gasteiger partial charge in [0, 0.05) is 26.3 Å². The zero-order chi connectivity index (χ0) is 16.7. The standard InChI is InChI=1S/C18H26N4O/c1-3-5-15-6-4-10-22(11-9-15)18(23)14-21(2)17-8-7-16(12-19)13-20-17/h7-8,13,15H,3-6,9-11,14H2,1-2H3. The third-order valence-corrected chi connectivity index (χ3v) is 4.54. The summed E-state index contributed by atoms with van der Waals surface area (Å²) in [6.07, 6.45) is 7.51. The number of nitrogens with zero attached hydrogens (tertiary/aromatic N) is 4. The Bertz CT molecular complexity index is 549. The van der Waals surface area contributed by atoms with E-state index in [1.807, 2.05) is 16.8 Å². The molecule has 1 atom stereocenters. The lowest BCUT2D eigenvalue weighted by molar-refractivity contribution is -0.129. The van der Waals surface area contributed by atoms with E-state index in [-0.39, 0.29) is 5.91 Å². The van der Waals surface area contributed by atoms with Crippen LogP contribution in [0.2, 0.25) is 0 Å². The summed E-state index contributed by atoms with van der Waals surface area (Å²) in [5.74, 6) is 1.66. The number of carbonyl (C=O) groups excluding carboxylic acids is 1. The summed E-state index contributed by atoms with van der Waals surface area (Å²) in [6, 6.07) is 5.56. The maximum absolute atomic E-state index is 12.5. The van der Waals surface area contributed by atoms with Crippen molar-refractivity contribution in [3.8, 4) is 6.07 Å². The molecule has 0 N–H and O–H groups in total. The second kappa shape index (κ2) is 8.52. The average Bonchev–Trinajstić information content (AvgIpc) is 2.81. The lowest BCUT2D eigenvalue weighted by Crippen LogP contribution is -2.39. The third kappa shape index (κ3) is 4.95. The first-order chi connectivity index (χ1) is 11.1. The zero-order valence-electron chi connectivity index (χ0n) is 14.2. The number of likely N-dealkylation sites (N-methyl/N-ethyl adjacent to an activating group) is 1. The maximum Gasteiger partial charge on any atom is 0.242 e. The molecule has 0 saturated carbocycles. The van der Waals surface area contributed by atoms with Crippen molar-refractivity contribution < 1.29 is 4.79 Å². The zero-order valence-corrected chi connectivity index (χ0v) is 14.2. The fraction of sp³-hybridized carbons (Fsp3) is 0.611. The normalized spacial score (nSPS) is 18.1. The molecule has 1 unspecified atom stereocenters. The van der Waals surface area contributed by atoms with Gasteiger partial charge in [-0.25, -0.2) is 4.98 Å². The number of hydrogen-bond acceptors (Lipinski definition) is 4. The van der Waals surface area contributed by atoms with Gasteiger partial charge in [-0.1, -0.05) is 19.8 Å². The molecular weight excluding hydrogens is 288 g/mol. The number of hydrogen-bond donors (Lipinski definition) is 0. The molecule has 5 nitrogen and oxygen atoms in total. The van der Waals surface area contributed by atoms with Crippen molar-refractivity contribution in [1.82, 2.24) is 9.88 Å². The van der Waals surface area contributed by atoms with Gasteiger partial charge in [-0.3, -0.25) is 4.79 Å². The van der Waals surface area contributed by atoms with Gasteiger partial charge < -0.3 is 9.80 Å². The summed E-state index contributed by atoms with van der Waals surface area (Å²) < 4.78 is 0. The first-order valence-corrected chi connectivity index (χ1v) is 8.49. The molecule has 2 rings (SSSR count). The summed E-state index contributed by atoms with van der Waals surface area (Å²) >= 11 is 0. The smallest absolute Gasteiger partial charge is 0.242 e. The van der Waals surface area contributed by atoms with Crippen LogP contribution in [-0.4, -0.2) is 42.5 Å². The molecule has 5 heteroatoms. The number of aromatic nitrogens is 1. The van der Waals surface area contributed by atoms with Crippen LogP contribution < -0.4 is 4.90 Å². The molecule has 1 saturated heterocycles. The van der Waals surface area contributed by atoms with Crippen molar-refractivity contribution in [2.45, 2.75) is 39.0 Å². The maximum atomic E-state index is 12.5. The summed E-state index contributed by atoms with van der Waals surface area (Å²) in [7, 11) is 1.87. The van der Waals surface area contributed by atoms with Crippen LogP contribution in [0.3, 0.4) is 0 Å². The molecule has 1 fully saturated rings. The van der Waals surface area contributed by atoms with Crippen molar-refractivity contribution in [3.63, 3.8) is 0 Å². The van der Waals surface area contributed by atoms with E-state index in [1.165, 1.54) is 25.5 Å². The van der Waals surface area contributed by atoms with Gasteiger partial charge >= 0.3 is 0 Å². The molecule has 23 heavy (non-hydrogen) atoms. The van der Waals surface area contributed by atoms with Crippen molar-refractivity contribution in [2.24, 2.45) is 5.92 Å². The van der Waals surface area contributed by atoms with Crippen molar-refractivity contribution in [1.29, 1.82) is 5.26 Å². The molecule has 0 radical (unpaired) electrons. The molecule has 124 valence electrons. The van der Waals surface area contributed by atoms with Gasteiger partial charge in [-0.15, -0.1) is 0 Å². The van der Waals surface area contributed by atoms with E-state index in [4.69, 9.17) is 5.26 Å². The Balaban J connectivity index is 1.88. The first-order valence-electron chi connectivity index (χ1n) is 8.49. The van der Waals surface area contributed by atoms with Crippen LogP contribution in [0, 0.1) is 17.2 Å². The average molecular weight is 314 g/mol. The minimum atomic E-state index is 0.163. The van der Waals surface area contributed by atoms with Crippen molar-refractivity contribution in [2.75, 3.05) is 31.6 Å². The third-order valence-electron chi connectivity index (χ3n) is 4.54. The number of pyridine rings is 1. The van der Waals surface area contributed by atoms with Gasteiger partial charge in [0.25, 0.3) is 0 Å². The number of nitriles is 1. The Morgan fingerprint density at radius 1 is 1.43 bits per heavy atom. The van der Waals surface area contributed by atoms with E-state index in [0.717, 1.165) is 37.7 Å². The van der Waals surface area contributed by atoms with E-state index in [9.17, 15) is 4.79 Å². The number of amides is 1. The highest BCUT2D eigenvalue weighted by Crippen LogP contribution is 2.22. The van der Waals surface area contributed by atoms with Crippen molar-refractivity contribution in [3.05, 3.63) is 23.9 Å². The first kappa shape index (κ1) is 17.3. The predicted octanol–water partition coefficient (Wildman–Crippen LogP) is 2.82. The minimum absolute atomic E-state index is 0.163. The van der Waals surface area contributed by atoms with Crippen LogP contribution in [-0.2, 0) is 4.79 Å². The fourth-order valence-corrected chi connectivity index (χ4v) is 3.17. The Hall–Kier alpha value is -2.09. The summed E-state index contributed by atoms with van der Waals surface area (Å²) in [6.45, 7) is 4.30. The van der Waals surface area contributed by atoms with E-state index in [0.29, 0.717) is 12.1 Å².